The summed E-state index contributed by atoms with van der Waals surface area (Å²) in [6, 6.07) is 7.46. The summed E-state index contributed by atoms with van der Waals surface area (Å²) in [6.45, 7) is 1.89. The predicted molar refractivity (Wildman–Crippen MR) is 113 cm³/mol. The van der Waals surface area contributed by atoms with Crippen LogP contribution in [0.4, 0.5) is 5.00 Å². The fourth-order valence-corrected chi connectivity index (χ4v) is 6.32. The van der Waals surface area contributed by atoms with Crippen molar-refractivity contribution in [2.24, 2.45) is 0 Å². The van der Waals surface area contributed by atoms with E-state index in [1.165, 1.54) is 6.08 Å². The number of esters is 1. The van der Waals surface area contributed by atoms with Crippen LogP contribution in [0.5, 0.6) is 0 Å². The highest BCUT2D eigenvalue weighted by Crippen LogP contribution is 2.38. The summed E-state index contributed by atoms with van der Waals surface area (Å²) < 4.78 is 29.9. The first kappa shape index (κ1) is 20.8. The van der Waals surface area contributed by atoms with E-state index in [-0.39, 0.29) is 30.1 Å². The summed E-state index contributed by atoms with van der Waals surface area (Å²) in [7, 11) is -3.19. The van der Waals surface area contributed by atoms with Gasteiger partial charge >= 0.3 is 5.97 Å². The molecule has 28 heavy (non-hydrogen) atoms. The number of rotatable bonds is 5. The standard InChI is InChI=1S/C19H18BrNO5S2/c1-2-26-19(23)17-14-8-9-28(24,25)11-15(14)27-18(17)21-16(22)7-6-12-4-3-5-13(20)10-12/h3-7,10H,2,8-9,11H2,1H3,(H,21,22)/b7-6+. The Labute approximate surface area is 175 Å². The Morgan fingerprint density at radius 1 is 1.36 bits per heavy atom. The molecule has 148 valence electrons. The van der Waals surface area contributed by atoms with Crippen LogP contribution in [0.1, 0.15) is 33.3 Å². The minimum atomic E-state index is -3.19. The summed E-state index contributed by atoms with van der Waals surface area (Å²) >= 11 is 4.49. The minimum absolute atomic E-state index is 0.0146. The highest BCUT2D eigenvalue weighted by molar-refractivity contribution is 9.10. The van der Waals surface area contributed by atoms with Crippen molar-refractivity contribution in [2.75, 3.05) is 17.7 Å². The number of anilines is 1. The van der Waals surface area contributed by atoms with E-state index in [2.05, 4.69) is 21.2 Å². The second-order valence-electron chi connectivity index (χ2n) is 6.15. The number of sulfone groups is 1. The Balaban J connectivity index is 1.87. The molecule has 1 aliphatic heterocycles. The number of ether oxygens (including phenoxy) is 1. The van der Waals surface area contributed by atoms with E-state index in [1.807, 2.05) is 24.3 Å². The van der Waals surface area contributed by atoms with Crippen molar-refractivity contribution >= 4 is 60.1 Å². The number of thiophene rings is 1. The molecule has 0 unspecified atom stereocenters. The Morgan fingerprint density at radius 2 is 2.14 bits per heavy atom. The third kappa shape index (κ3) is 4.89. The Kier molecular flexibility index (Phi) is 6.36. The Morgan fingerprint density at radius 3 is 2.86 bits per heavy atom. The van der Waals surface area contributed by atoms with Crippen molar-refractivity contribution in [2.45, 2.75) is 19.1 Å². The zero-order valence-corrected chi connectivity index (χ0v) is 18.2. The molecule has 1 aromatic carbocycles. The van der Waals surface area contributed by atoms with Crippen LogP contribution in [0.3, 0.4) is 0 Å². The van der Waals surface area contributed by atoms with Crippen LogP contribution in [-0.4, -0.2) is 32.7 Å². The second-order valence-corrected chi connectivity index (χ2v) is 10.4. The van der Waals surface area contributed by atoms with E-state index < -0.39 is 21.7 Å². The zero-order chi connectivity index (χ0) is 20.3. The van der Waals surface area contributed by atoms with E-state index in [1.54, 1.807) is 13.0 Å². The normalized spacial score (nSPS) is 15.2. The molecule has 1 aromatic heterocycles. The van der Waals surface area contributed by atoms with Crippen molar-refractivity contribution < 1.29 is 22.7 Å². The monoisotopic (exact) mass is 483 g/mol. The van der Waals surface area contributed by atoms with Gasteiger partial charge in [0.05, 0.1) is 23.7 Å². The van der Waals surface area contributed by atoms with Crippen molar-refractivity contribution in [3.05, 3.63) is 56.4 Å². The van der Waals surface area contributed by atoms with Gasteiger partial charge in [0.2, 0.25) is 5.91 Å². The number of amides is 1. The first-order valence-electron chi connectivity index (χ1n) is 8.56. The maximum absolute atomic E-state index is 12.4. The van der Waals surface area contributed by atoms with Gasteiger partial charge < -0.3 is 10.1 Å². The average Bonchev–Trinajstić information content (AvgIpc) is 2.96. The highest BCUT2D eigenvalue weighted by atomic mass is 79.9. The summed E-state index contributed by atoms with van der Waals surface area (Å²) in [5, 5.41) is 3.03. The molecule has 0 atom stereocenters. The number of nitrogens with one attached hydrogen (secondary N) is 1. The summed E-state index contributed by atoms with van der Waals surface area (Å²) in [5.74, 6) is -1.10. The van der Waals surface area contributed by atoms with Crippen LogP contribution < -0.4 is 5.32 Å². The molecule has 0 fully saturated rings. The van der Waals surface area contributed by atoms with Gasteiger partial charge in [-0.15, -0.1) is 11.3 Å². The van der Waals surface area contributed by atoms with Crippen LogP contribution in [0.15, 0.2) is 34.8 Å². The molecule has 2 aromatic rings. The topological polar surface area (TPSA) is 89.5 Å². The summed E-state index contributed by atoms with van der Waals surface area (Å²) in [4.78, 5) is 25.4. The van der Waals surface area contributed by atoms with Crippen LogP contribution in [-0.2, 0) is 31.5 Å². The number of benzene rings is 1. The van der Waals surface area contributed by atoms with E-state index in [9.17, 15) is 18.0 Å². The van der Waals surface area contributed by atoms with Gasteiger partial charge in [-0.3, -0.25) is 4.79 Å². The fourth-order valence-electron chi connectivity index (χ4n) is 2.87. The molecular formula is C19H18BrNO5S2. The van der Waals surface area contributed by atoms with Gasteiger partial charge in [-0.2, -0.15) is 0 Å². The second kappa shape index (κ2) is 8.59. The van der Waals surface area contributed by atoms with Crippen molar-refractivity contribution in [1.29, 1.82) is 0 Å². The van der Waals surface area contributed by atoms with Gasteiger partial charge in [0.15, 0.2) is 9.84 Å². The molecule has 0 saturated heterocycles. The van der Waals surface area contributed by atoms with Gasteiger partial charge in [-0.05, 0) is 42.7 Å². The average molecular weight is 484 g/mol. The van der Waals surface area contributed by atoms with Crippen LogP contribution in [0.2, 0.25) is 0 Å². The van der Waals surface area contributed by atoms with Crippen LogP contribution in [0.25, 0.3) is 6.08 Å². The van der Waals surface area contributed by atoms with Gasteiger partial charge in [0.1, 0.15) is 5.00 Å². The number of carbonyl (C=O) groups is 2. The third-order valence-corrected chi connectivity index (χ3v) is 7.47. The maximum atomic E-state index is 12.4. The quantitative estimate of drug-likeness (QED) is 0.515. The largest absolute Gasteiger partial charge is 0.462 e. The number of halogens is 1. The van der Waals surface area contributed by atoms with Gasteiger partial charge in [0.25, 0.3) is 0 Å². The highest BCUT2D eigenvalue weighted by Gasteiger charge is 2.31. The van der Waals surface area contributed by atoms with Gasteiger partial charge in [0, 0.05) is 15.4 Å². The lowest BCUT2D eigenvalue weighted by molar-refractivity contribution is -0.111. The molecule has 6 nitrogen and oxygen atoms in total. The van der Waals surface area contributed by atoms with Crippen molar-refractivity contribution in [3.8, 4) is 0 Å². The van der Waals surface area contributed by atoms with E-state index >= 15 is 0 Å². The number of hydrogen-bond acceptors (Lipinski definition) is 6. The molecule has 2 heterocycles. The third-order valence-electron chi connectivity index (χ3n) is 4.10. The molecule has 0 aliphatic carbocycles. The first-order chi connectivity index (χ1) is 13.3. The maximum Gasteiger partial charge on any atom is 0.341 e. The Hall–Kier alpha value is -1.97. The molecule has 1 N–H and O–H groups in total. The van der Waals surface area contributed by atoms with E-state index in [4.69, 9.17) is 4.74 Å². The molecule has 0 saturated carbocycles. The molecular weight excluding hydrogens is 466 g/mol. The van der Waals surface area contributed by atoms with Crippen LogP contribution in [0, 0.1) is 0 Å². The smallest absolute Gasteiger partial charge is 0.341 e. The molecule has 0 bridgehead atoms. The fraction of sp³-hybridized carbons (Fsp3) is 0.263. The SMILES string of the molecule is CCOC(=O)c1c(NC(=O)/C=C/c2cccc(Br)c2)sc2c1CCS(=O)(=O)C2. The minimum Gasteiger partial charge on any atom is -0.462 e. The zero-order valence-electron chi connectivity index (χ0n) is 15.0. The Bertz CT molecular complexity index is 1060. The van der Waals surface area contributed by atoms with E-state index in [0.29, 0.717) is 15.4 Å². The van der Waals surface area contributed by atoms with Crippen molar-refractivity contribution in [1.82, 2.24) is 0 Å². The number of hydrogen-bond donors (Lipinski definition) is 1. The molecule has 9 heteroatoms. The molecule has 1 aliphatic rings. The lowest BCUT2D eigenvalue weighted by atomic mass is 10.1. The summed E-state index contributed by atoms with van der Waals surface area (Å²) in [6.07, 6.45) is 3.26. The van der Waals surface area contributed by atoms with Gasteiger partial charge in [-0.1, -0.05) is 28.1 Å². The van der Waals surface area contributed by atoms with Gasteiger partial charge in [-0.25, -0.2) is 13.2 Å². The first-order valence-corrected chi connectivity index (χ1v) is 12.0. The molecule has 0 radical (unpaired) electrons. The van der Waals surface area contributed by atoms with Crippen LogP contribution >= 0.6 is 27.3 Å². The lowest BCUT2D eigenvalue weighted by Crippen LogP contribution is -2.20. The number of carbonyl (C=O) groups excluding carboxylic acids is 2. The predicted octanol–water partition coefficient (Wildman–Crippen LogP) is 3.81. The summed E-state index contributed by atoms with van der Waals surface area (Å²) in [5.41, 5.74) is 1.76. The molecule has 0 spiro atoms. The van der Waals surface area contributed by atoms with E-state index in [0.717, 1.165) is 21.4 Å². The lowest BCUT2D eigenvalue weighted by Gasteiger charge is -2.13. The molecule has 3 rings (SSSR count). The molecule has 1 amide bonds. The van der Waals surface area contributed by atoms with Crippen molar-refractivity contribution in [3.63, 3.8) is 0 Å². The number of fused-ring (bicyclic) bond motifs is 1.